The van der Waals surface area contributed by atoms with Gasteiger partial charge in [0.15, 0.2) is 11.4 Å². The molecule has 1 saturated heterocycles. The first kappa shape index (κ1) is 18.2. The molecule has 28 heavy (non-hydrogen) atoms. The van der Waals surface area contributed by atoms with Crippen LogP contribution in [0.25, 0.3) is 22.4 Å². The van der Waals surface area contributed by atoms with Gasteiger partial charge in [0, 0.05) is 36.0 Å². The summed E-state index contributed by atoms with van der Waals surface area (Å²) in [7, 11) is 0. The molecule has 6 nitrogen and oxygen atoms in total. The van der Waals surface area contributed by atoms with E-state index in [9.17, 15) is 4.79 Å². The van der Waals surface area contributed by atoms with E-state index in [-0.39, 0.29) is 11.7 Å². The van der Waals surface area contributed by atoms with Crippen molar-refractivity contribution in [2.24, 2.45) is 11.3 Å². The standard InChI is InChI=1S/C22H23N5O/c1-22(2,3)20(28)17-11-24-21-19(17)26-18(12-25-21)15-5-4-6-16(9-15)27-8-7-14(10-23)13-27/h4-6,9,11-12,14H,7-8,13H2,1-3H3,(H,24,25). The number of benzene rings is 1. The number of ketones is 1. The van der Waals surface area contributed by atoms with Gasteiger partial charge in [0.2, 0.25) is 0 Å². The number of carbonyl (C=O) groups excluding carboxylic acids is 1. The molecule has 142 valence electrons. The molecule has 1 aromatic carbocycles. The van der Waals surface area contributed by atoms with Crippen molar-refractivity contribution in [3.05, 3.63) is 42.2 Å². The molecule has 1 fully saturated rings. The third-order valence-corrected chi connectivity index (χ3v) is 5.18. The second-order valence-electron chi connectivity index (χ2n) is 8.34. The van der Waals surface area contributed by atoms with Gasteiger partial charge in [-0.05, 0) is 18.6 Å². The Morgan fingerprint density at radius 1 is 1.36 bits per heavy atom. The van der Waals surface area contributed by atoms with Gasteiger partial charge in [0.25, 0.3) is 0 Å². The van der Waals surface area contributed by atoms with E-state index in [0.717, 1.165) is 36.5 Å². The summed E-state index contributed by atoms with van der Waals surface area (Å²) in [5, 5.41) is 9.15. The highest BCUT2D eigenvalue weighted by atomic mass is 16.1. The number of Topliss-reactive ketones (excluding diaryl/α,β-unsaturated/α-hetero) is 1. The van der Waals surface area contributed by atoms with Gasteiger partial charge in [-0.15, -0.1) is 0 Å². The molecule has 3 heterocycles. The van der Waals surface area contributed by atoms with Crippen LogP contribution in [0.1, 0.15) is 37.6 Å². The van der Waals surface area contributed by atoms with Crippen LogP contribution in [0.3, 0.4) is 0 Å². The number of hydrogen-bond acceptors (Lipinski definition) is 5. The summed E-state index contributed by atoms with van der Waals surface area (Å²) in [5.41, 5.74) is 4.06. The number of nitriles is 1. The van der Waals surface area contributed by atoms with Crippen LogP contribution in [0.15, 0.2) is 36.7 Å². The molecule has 1 aliphatic rings. The topological polar surface area (TPSA) is 85.7 Å². The molecule has 0 spiro atoms. The number of nitrogens with one attached hydrogen (secondary N) is 1. The molecular weight excluding hydrogens is 350 g/mol. The van der Waals surface area contributed by atoms with Crippen LogP contribution in [0.4, 0.5) is 5.69 Å². The molecule has 6 heteroatoms. The van der Waals surface area contributed by atoms with Crippen LogP contribution in [0.5, 0.6) is 0 Å². The Kier molecular flexibility index (Phi) is 4.38. The maximum Gasteiger partial charge on any atom is 0.171 e. The highest BCUT2D eigenvalue weighted by Crippen LogP contribution is 2.30. The molecular formula is C22H23N5O. The third-order valence-electron chi connectivity index (χ3n) is 5.18. The zero-order valence-corrected chi connectivity index (χ0v) is 16.4. The fourth-order valence-corrected chi connectivity index (χ4v) is 3.57. The average Bonchev–Trinajstić information content (AvgIpc) is 3.33. The first-order chi connectivity index (χ1) is 13.4. The third kappa shape index (κ3) is 3.24. The molecule has 0 saturated carbocycles. The minimum absolute atomic E-state index is 0.0403. The summed E-state index contributed by atoms with van der Waals surface area (Å²) >= 11 is 0. The van der Waals surface area contributed by atoms with Crippen LogP contribution in [0, 0.1) is 22.7 Å². The Bertz CT molecular complexity index is 1090. The van der Waals surface area contributed by atoms with Crippen LogP contribution in [-0.2, 0) is 0 Å². The maximum atomic E-state index is 12.8. The average molecular weight is 373 g/mol. The zero-order chi connectivity index (χ0) is 19.9. The highest BCUT2D eigenvalue weighted by Gasteiger charge is 2.27. The molecule has 1 unspecified atom stereocenters. The number of anilines is 1. The molecule has 2 aromatic heterocycles. The van der Waals surface area contributed by atoms with Crippen molar-refractivity contribution in [1.82, 2.24) is 15.0 Å². The number of aromatic nitrogens is 3. The van der Waals surface area contributed by atoms with E-state index in [0.29, 0.717) is 16.7 Å². The number of H-pyrrole nitrogens is 1. The van der Waals surface area contributed by atoms with Crippen LogP contribution in [0.2, 0.25) is 0 Å². The largest absolute Gasteiger partial charge is 0.370 e. The van der Waals surface area contributed by atoms with E-state index in [4.69, 9.17) is 10.2 Å². The Morgan fingerprint density at radius 2 is 2.18 bits per heavy atom. The second-order valence-corrected chi connectivity index (χ2v) is 8.34. The van der Waals surface area contributed by atoms with Crippen LogP contribution < -0.4 is 4.90 Å². The number of nitrogens with zero attached hydrogens (tertiary/aromatic N) is 4. The number of rotatable bonds is 3. The summed E-state index contributed by atoms with van der Waals surface area (Å²) in [4.78, 5) is 27.3. The van der Waals surface area contributed by atoms with Gasteiger partial charge in [-0.2, -0.15) is 5.26 Å². The van der Waals surface area contributed by atoms with E-state index in [1.54, 1.807) is 12.4 Å². The van der Waals surface area contributed by atoms with Gasteiger partial charge in [-0.25, -0.2) is 9.97 Å². The molecule has 4 rings (SSSR count). The molecule has 0 aliphatic carbocycles. The highest BCUT2D eigenvalue weighted by molar-refractivity contribution is 6.08. The van der Waals surface area contributed by atoms with Crippen molar-refractivity contribution in [2.45, 2.75) is 27.2 Å². The molecule has 3 aromatic rings. The zero-order valence-electron chi connectivity index (χ0n) is 16.4. The van der Waals surface area contributed by atoms with Gasteiger partial charge >= 0.3 is 0 Å². The summed E-state index contributed by atoms with van der Waals surface area (Å²) in [6.45, 7) is 7.35. The van der Waals surface area contributed by atoms with Crippen molar-refractivity contribution < 1.29 is 4.79 Å². The fourth-order valence-electron chi connectivity index (χ4n) is 3.57. The Balaban J connectivity index is 1.71. The monoisotopic (exact) mass is 373 g/mol. The van der Waals surface area contributed by atoms with Crippen molar-refractivity contribution >= 4 is 22.6 Å². The lowest BCUT2D eigenvalue weighted by molar-refractivity contribution is 0.0860. The van der Waals surface area contributed by atoms with E-state index in [1.807, 2.05) is 32.9 Å². The lowest BCUT2D eigenvalue weighted by atomic mass is 9.87. The molecule has 1 N–H and O–H groups in total. The van der Waals surface area contributed by atoms with Crippen molar-refractivity contribution in [2.75, 3.05) is 18.0 Å². The van der Waals surface area contributed by atoms with Gasteiger partial charge in [0.05, 0.1) is 29.4 Å². The van der Waals surface area contributed by atoms with E-state index < -0.39 is 5.41 Å². The fraction of sp³-hybridized carbons (Fsp3) is 0.364. The summed E-state index contributed by atoms with van der Waals surface area (Å²) in [6, 6.07) is 10.5. The molecule has 0 amide bonds. The summed E-state index contributed by atoms with van der Waals surface area (Å²) < 4.78 is 0. The Labute approximate surface area is 164 Å². The lowest BCUT2D eigenvalue weighted by Crippen LogP contribution is -2.20. The predicted octanol–water partition coefficient (Wildman–Crippen LogP) is 4.20. The predicted molar refractivity (Wildman–Crippen MR) is 109 cm³/mol. The first-order valence-corrected chi connectivity index (χ1v) is 9.51. The van der Waals surface area contributed by atoms with Crippen molar-refractivity contribution in [1.29, 1.82) is 5.26 Å². The number of carbonyl (C=O) groups is 1. The number of hydrogen-bond donors (Lipinski definition) is 1. The van der Waals surface area contributed by atoms with Crippen molar-refractivity contribution in [3.63, 3.8) is 0 Å². The summed E-state index contributed by atoms with van der Waals surface area (Å²) in [5.74, 6) is 0.129. The van der Waals surface area contributed by atoms with E-state index in [2.05, 4.69) is 33.1 Å². The minimum atomic E-state index is -0.486. The normalized spacial score (nSPS) is 17.1. The van der Waals surface area contributed by atoms with Gasteiger partial charge < -0.3 is 9.88 Å². The van der Waals surface area contributed by atoms with Gasteiger partial charge in [-0.3, -0.25) is 4.79 Å². The number of aromatic amines is 1. The van der Waals surface area contributed by atoms with Crippen LogP contribution >= 0.6 is 0 Å². The lowest BCUT2D eigenvalue weighted by Gasteiger charge is -2.18. The molecule has 1 atom stereocenters. The smallest absolute Gasteiger partial charge is 0.171 e. The second kappa shape index (κ2) is 6.75. The molecule has 0 radical (unpaired) electrons. The molecule has 0 bridgehead atoms. The van der Waals surface area contributed by atoms with Crippen LogP contribution in [-0.4, -0.2) is 33.8 Å². The Hall–Kier alpha value is -3.20. The van der Waals surface area contributed by atoms with E-state index >= 15 is 0 Å². The quantitative estimate of drug-likeness (QED) is 0.695. The SMILES string of the molecule is CC(C)(C)C(=O)c1c[nH]c2ncc(-c3cccc(N4CCC(C#N)C4)c3)nc12. The Morgan fingerprint density at radius 3 is 2.89 bits per heavy atom. The van der Waals surface area contributed by atoms with Crippen molar-refractivity contribution in [3.8, 4) is 17.3 Å². The number of fused-ring (bicyclic) bond motifs is 1. The van der Waals surface area contributed by atoms with Gasteiger partial charge in [-0.1, -0.05) is 32.9 Å². The van der Waals surface area contributed by atoms with E-state index in [1.165, 1.54) is 0 Å². The summed E-state index contributed by atoms with van der Waals surface area (Å²) in [6.07, 6.45) is 4.32. The van der Waals surface area contributed by atoms with Gasteiger partial charge in [0.1, 0.15) is 5.52 Å². The maximum absolute atomic E-state index is 12.8. The molecule has 1 aliphatic heterocycles. The first-order valence-electron chi connectivity index (χ1n) is 9.51. The minimum Gasteiger partial charge on any atom is -0.370 e.